The van der Waals surface area contributed by atoms with Crippen molar-refractivity contribution >= 4 is 23.5 Å². The average molecular weight is 476 g/mol. The van der Waals surface area contributed by atoms with Crippen molar-refractivity contribution in [1.82, 2.24) is 4.90 Å². The Kier molecular flexibility index (Phi) is 6.03. The van der Waals surface area contributed by atoms with Crippen molar-refractivity contribution in [2.75, 3.05) is 6.54 Å². The fourth-order valence-electron chi connectivity index (χ4n) is 3.67. The number of ether oxygens (including phenoxy) is 1. The molecule has 1 N–H and O–H groups in total. The van der Waals surface area contributed by atoms with Crippen LogP contribution in [0.1, 0.15) is 31.8 Å². The monoisotopic (exact) mass is 475 g/mol. The summed E-state index contributed by atoms with van der Waals surface area (Å²) in [5.41, 5.74) is 2.98. The highest BCUT2D eigenvalue weighted by Crippen LogP contribution is 2.30. The number of hydrogen-bond acceptors (Lipinski definition) is 3. The van der Waals surface area contributed by atoms with Crippen LogP contribution < -0.4 is 4.74 Å². The highest BCUT2D eigenvalue weighted by molar-refractivity contribution is 6.33. The van der Waals surface area contributed by atoms with Gasteiger partial charge in [-0.15, -0.1) is 0 Å². The number of rotatable bonds is 6. The molecule has 1 amide bonds. The third-order valence-electron chi connectivity index (χ3n) is 5.19. The molecule has 170 valence electrons. The summed E-state index contributed by atoms with van der Waals surface area (Å²) in [5, 5.41) is 9.42. The van der Waals surface area contributed by atoms with Gasteiger partial charge in [0.1, 0.15) is 18.9 Å². The number of aromatic carboxylic acids is 1. The molecule has 0 saturated carbocycles. The molecule has 1 aliphatic rings. The average Bonchev–Trinajstić information content (AvgIpc) is 3.05. The number of carboxylic acids is 1. The molecule has 0 aromatic heterocycles. The van der Waals surface area contributed by atoms with Gasteiger partial charge < -0.3 is 14.7 Å². The molecule has 0 spiro atoms. The van der Waals surface area contributed by atoms with E-state index >= 15 is 0 Å². The van der Waals surface area contributed by atoms with Crippen molar-refractivity contribution in [3.05, 3.63) is 87.9 Å². The van der Waals surface area contributed by atoms with Crippen molar-refractivity contribution in [3.63, 3.8) is 0 Å². The first kappa shape index (κ1) is 22.7. The first-order valence-corrected chi connectivity index (χ1v) is 10.2. The predicted octanol–water partition coefficient (Wildman–Crippen LogP) is 5.80. The van der Waals surface area contributed by atoms with E-state index in [1.165, 1.54) is 18.2 Å². The molecule has 0 radical (unpaired) electrons. The number of halogens is 4. The summed E-state index contributed by atoms with van der Waals surface area (Å²) in [6.45, 7) is -1.24. The van der Waals surface area contributed by atoms with Crippen molar-refractivity contribution in [2.45, 2.75) is 19.3 Å². The molecular formula is C24H17ClF3NO4. The van der Waals surface area contributed by atoms with Gasteiger partial charge in [0, 0.05) is 12.1 Å². The highest BCUT2D eigenvalue weighted by atomic mass is 35.5. The molecule has 0 saturated heterocycles. The Morgan fingerprint density at radius 2 is 1.82 bits per heavy atom. The second-order valence-corrected chi connectivity index (χ2v) is 7.99. The summed E-state index contributed by atoms with van der Waals surface area (Å²) in [6, 6.07) is 16.7. The SMILES string of the molecule is O=C(O)c1cc(-c2cccc(COc3ccc4c(c3)CN(CC(F)(F)F)C4=O)c2)ccc1Cl. The van der Waals surface area contributed by atoms with Gasteiger partial charge >= 0.3 is 12.1 Å². The molecule has 4 rings (SSSR count). The van der Waals surface area contributed by atoms with Crippen LogP contribution in [0.5, 0.6) is 5.75 Å². The lowest BCUT2D eigenvalue weighted by Crippen LogP contribution is -2.34. The summed E-state index contributed by atoms with van der Waals surface area (Å²) in [6.07, 6.45) is -4.46. The van der Waals surface area contributed by atoms with Crippen LogP contribution in [0.15, 0.2) is 60.7 Å². The molecule has 33 heavy (non-hydrogen) atoms. The zero-order chi connectivity index (χ0) is 23.8. The molecule has 3 aromatic carbocycles. The number of fused-ring (bicyclic) bond motifs is 1. The van der Waals surface area contributed by atoms with E-state index in [0.29, 0.717) is 16.9 Å². The van der Waals surface area contributed by atoms with Crippen LogP contribution in [-0.2, 0) is 13.2 Å². The van der Waals surface area contributed by atoms with E-state index in [4.69, 9.17) is 16.3 Å². The lowest BCUT2D eigenvalue weighted by Gasteiger charge is -2.17. The maximum Gasteiger partial charge on any atom is 0.406 e. The fraction of sp³-hybridized carbons (Fsp3) is 0.167. The maximum absolute atomic E-state index is 12.7. The lowest BCUT2D eigenvalue weighted by atomic mass is 10.0. The Hall–Kier alpha value is -3.52. The van der Waals surface area contributed by atoms with Crippen molar-refractivity contribution < 1.29 is 32.6 Å². The molecular weight excluding hydrogens is 459 g/mol. The molecule has 1 heterocycles. The van der Waals surface area contributed by atoms with Crippen molar-refractivity contribution in [1.29, 1.82) is 0 Å². The summed E-state index contributed by atoms with van der Waals surface area (Å²) < 4.78 is 43.8. The van der Waals surface area contributed by atoms with E-state index in [9.17, 15) is 27.9 Å². The highest BCUT2D eigenvalue weighted by Gasteiger charge is 2.37. The molecule has 0 unspecified atom stereocenters. The van der Waals surface area contributed by atoms with Crippen molar-refractivity contribution in [3.8, 4) is 16.9 Å². The molecule has 3 aromatic rings. The molecule has 0 bridgehead atoms. The quantitative estimate of drug-likeness (QED) is 0.489. The number of amides is 1. The third kappa shape index (κ3) is 5.12. The number of carboxylic acid groups (broad SMARTS) is 1. The van der Waals surface area contributed by atoms with Gasteiger partial charge in [0.25, 0.3) is 5.91 Å². The predicted molar refractivity (Wildman–Crippen MR) is 115 cm³/mol. The Bertz CT molecular complexity index is 1240. The van der Waals surface area contributed by atoms with Gasteiger partial charge in [-0.05, 0) is 58.7 Å². The van der Waals surface area contributed by atoms with Crippen LogP contribution in [0.3, 0.4) is 0 Å². The third-order valence-corrected chi connectivity index (χ3v) is 5.52. The number of nitrogens with zero attached hydrogens (tertiary/aromatic N) is 1. The van der Waals surface area contributed by atoms with E-state index in [-0.39, 0.29) is 29.3 Å². The maximum atomic E-state index is 12.7. The lowest BCUT2D eigenvalue weighted by molar-refractivity contribution is -0.140. The Balaban J connectivity index is 1.47. The van der Waals surface area contributed by atoms with Crippen LogP contribution in [0.2, 0.25) is 5.02 Å². The molecule has 9 heteroatoms. The molecule has 0 atom stereocenters. The van der Waals surface area contributed by atoms with Crippen LogP contribution in [0, 0.1) is 0 Å². The molecule has 0 fully saturated rings. The Morgan fingerprint density at radius 3 is 2.55 bits per heavy atom. The summed E-state index contributed by atoms with van der Waals surface area (Å²) in [5.74, 6) is -1.34. The van der Waals surface area contributed by atoms with Gasteiger partial charge in [-0.2, -0.15) is 13.2 Å². The zero-order valence-electron chi connectivity index (χ0n) is 17.0. The second kappa shape index (κ2) is 8.78. The van der Waals surface area contributed by atoms with Crippen LogP contribution in [-0.4, -0.2) is 34.6 Å². The van der Waals surface area contributed by atoms with Gasteiger partial charge in [-0.1, -0.05) is 35.9 Å². The van der Waals surface area contributed by atoms with Crippen LogP contribution >= 0.6 is 11.6 Å². The minimum Gasteiger partial charge on any atom is -0.489 e. The number of alkyl halides is 3. The molecule has 5 nitrogen and oxygen atoms in total. The topological polar surface area (TPSA) is 66.8 Å². The van der Waals surface area contributed by atoms with E-state index in [0.717, 1.165) is 16.0 Å². The molecule has 1 aliphatic heterocycles. The van der Waals surface area contributed by atoms with Crippen LogP contribution in [0.25, 0.3) is 11.1 Å². The largest absolute Gasteiger partial charge is 0.489 e. The fourth-order valence-corrected chi connectivity index (χ4v) is 3.87. The minimum absolute atomic E-state index is 0.00285. The van der Waals surface area contributed by atoms with Gasteiger partial charge in [-0.3, -0.25) is 4.79 Å². The first-order chi connectivity index (χ1) is 15.6. The summed E-state index contributed by atoms with van der Waals surface area (Å²) >= 11 is 5.94. The van der Waals surface area contributed by atoms with E-state index in [1.54, 1.807) is 24.3 Å². The minimum atomic E-state index is -4.46. The number of benzene rings is 3. The Morgan fingerprint density at radius 1 is 1.06 bits per heavy atom. The number of hydrogen-bond donors (Lipinski definition) is 1. The number of carbonyl (C=O) groups excluding carboxylic acids is 1. The van der Waals surface area contributed by atoms with Gasteiger partial charge in [-0.25, -0.2) is 4.79 Å². The zero-order valence-corrected chi connectivity index (χ0v) is 17.8. The van der Waals surface area contributed by atoms with Gasteiger partial charge in [0.2, 0.25) is 0 Å². The molecule has 0 aliphatic carbocycles. The smallest absolute Gasteiger partial charge is 0.406 e. The second-order valence-electron chi connectivity index (χ2n) is 7.58. The van der Waals surface area contributed by atoms with E-state index in [1.807, 2.05) is 18.2 Å². The Labute approximate surface area is 192 Å². The van der Waals surface area contributed by atoms with E-state index in [2.05, 4.69) is 0 Å². The standard InChI is InChI=1S/C24H17ClF3NO4/c25-21-7-4-16(10-20(21)23(31)32)15-3-1-2-14(8-15)12-33-18-5-6-19-17(9-18)11-29(22(19)30)13-24(26,27)28/h1-10H,11-13H2,(H,31,32). The first-order valence-electron chi connectivity index (χ1n) is 9.84. The number of carbonyl (C=O) groups is 2. The van der Waals surface area contributed by atoms with Gasteiger partial charge in [0.05, 0.1) is 10.6 Å². The normalized spacial score (nSPS) is 13.2. The van der Waals surface area contributed by atoms with Gasteiger partial charge in [0.15, 0.2) is 0 Å². The van der Waals surface area contributed by atoms with E-state index < -0.39 is 24.6 Å². The summed E-state index contributed by atoms with van der Waals surface area (Å²) in [4.78, 5) is 24.3. The summed E-state index contributed by atoms with van der Waals surface area (Å²) in [7, 11) is 0. The van der Waals surface area contributed by atoms with Crippen LogP contribution in [0.4, 0.5) is 13.2 Å². The van der Waals surface area contributed by atoms with Crippen molar-refractivity contribution in [2.24, 2.45) is 0 Å².